The van der Waals surface area contributed by atoms with Gasteiger partial charge >= 0.3 is 5.97 Å². The second kappa shape index (κ2) is 10.9. The molecule has 1 saturated heterocycles. The van der Waals surface area contributed by atoms with Gasteiger partial charge in [0.1, 0.15) is 11.3 Å². The van der Waals surface area contributed by atoms with Gasteiger partial charge in [-0.2, -0.15) is 0 Å². The van der Waals surface area contributed by atoms with Crippen molar-refractivity contribution in [3.05, 3.63) is 57.5 Å². The molecule has 2 aliphatic heterocycles. The Morgan fingerprint density at radius 2 is 1.97 bits per heavy atom. The molecule has 0 bridgehead atoms. The zero-order valence-corrected chi connectivity index (χ0v) is 22.0. The molecular weight excluding hydrogens is 472 g/mol. The monoisotopic (exact) mass is 508 g/mol. The molecule has 3 heterocycles. The van der Waals surface area contributed by atoms with Crippen molar-refractivity contribution in [3.63, 3.8) is 0 Å². The number of hydrogen-bond acceptors (Lipinski definition) is 7. The molecule has 0 spiro atoms. The predicted molar refractivity (Wildman–Crippen MR) is 145 cm³/mol. The Kier molecular flexibility index (Phi) is 7.85. The number of ether oxygens (including phenoxy) is 2. The maximum atomic E-state index is 12.7. The van der Waals surface area contributed by atoms with E-state index in [4.69, 9.17) is 15.2 Å². The smallest absolute Gasteiger partial charge is 0.341 e. The van der Waals surface area contributed by atoms with Crippen LogP contribution in [0.25, 0.3) is 16.8 Å². The van der Waals surface area contributed by atoms with Crippen LogP contribution in [0, 0.1) is 5.41 Å². The van der Waals surface area contributed by atoms with Crippen LogP contribution in [0.1, 0.15) is 48.3 Å². The maximum absolute atomic E-state index is 12.7. The van der Waals surface area contributed by atoms with E-state index in [1.807, 2.05) is 10.6 Å². The van der Waals surface area contributed by atoms with E-state index in [1.54, 1.807) is 13.3 Å². The standard InChI is InChI=1S/C28H36N4O5/c1-28(2,3)26-12-18-11-21(19(15-29)16-30-5-6-31-7-9-37-10-8-31)25(36-4)13-20(18)23-14-24(33)22(27(34)35)17-32(23)26/h11,13-17,26H,5-10,12,29H2,1-4H3,(H,34,35). The largest absolute Gasteiger partial charge is 0.496 e. The maximum Gasteiger partial charge on any atom is 0.341 e. The van der Waals surface area contributed by atoms with Crippen LogP contribution in [0.2, 0.25) is 0 Å². The third kappa shape index (κ3) is 5.62. The van der Waals surface area contributed by atoms with Crippen molar-refractivity contribution >= 4 is 17.8 Å². The molecule has 37 heavy (non-hydrogen) atoms. The van der Waals surface area contributed by atoms with E-state index in [0.717, 1.165) is 55.1 Å². The highest BCUT2D eigenvalue weighted by Gasteiger charge is 2.34. The summed E-state index contributed by atoms with van der Waals surface area (Å²) in [5.74, 6) is -0.622. The van der Waals surface area contributed by atoms with Gasteiger partial charge in [0.05, 0.1) is 32.6 Å². The number of morpholine rings is 1. The van der Waals surface area contributed by atoms with E-state index >= 15 is 0 Å². The average Bonchev–Trinajstić information content (AvgIpc) is 2.87. The summed E-state index contributed by atoms with van der Waals surface area (Å²) in [5, 5.41) is 9.55. The Morgan fingerprint density at radius 1 is 1.24 bits per heavy atom. The Hall–Kier alpha value is -3.43. The fourth-order valence-electron chi connectivity index (χ4n) is 5.03. The molecule has 1 aromatic heterocycles. The third-order valence-electron chi connectivity index (χ3n) is 7.13. The minimum Gasteiger partial charge on any atom is -0.496 e. The molecular formula is C28H36N4O5. The normalized spacial score (nSPS) is 18.5. The molecule has 3 N–H and O–H groups in total. The molecule has 1 atom stereocenters. The highest BCUT2D eigenvalue weighted by Crippen LogP contribution is 2.44. The lowest BCUT2D eigenvalue weighted by molar-refractivity contribution is 0.0395. The van der Waals surface area contributed by atoms with E-state index in [9.17, 15) is 14.7 Å². The Labute approximate surface area is 217 Å². The number of rotatable bonds is 7. The minimum atomic E-state index is -1.22. The number of benzene rings is 1. The average molecular weight is 509 g/mol. The lowest BCUT2D eigenvalue weighted by Crippen LogP contribution is -2.37. The summed E-state index contributed by atoms with van der Waals surface area (Å²) in [6.45, 7) is 11.2. The SMILES string of the molecule is COc1cc2c(cc1C(C=NCCN1CCOCC1)=CN)CC(C(C)(C)C)n1cc(C(=O)O)c(=O)cc1-2. The molecule has 0 aliphatic carbocycles. The molecule has 9 heteroatoms. The molecule has 2 aliphatic rings. The number of aromatic nitrogens is 1. The predicted octanol–water partition coefficient (Wildman–Crippen LogP) is 3.07. The number of carbonyl (C=O) groups is 1. The summed E-state index contributed by atoms with van der Waals surface area (Å²) in [7, 11) is 1.59. The van der Waals surface area contributed by atoms with Crippen molar-refractivity contribution in [3.8, 4) is 17.0 Å². The van der Waals surface area contributed by atoms with E-state index < -0.39 is 11.4 Å². The van der Waals surface area contributed by atoms with E-state index in [0.29, 0.717) is 24.4 Å². The summed E-state index contributed by atoms with van der Waals surface area (Å²) < 4.78 is 13.1. The number of pyridine rings is 1. The molecule has 0 amide bonds. The number of nitrogens with two attached hydrogens (primary N) is 1. The highest BCUT2D eigenvalue weighted by atomic mass is 16.5. The van der Waals surface area contributed by atoms with Crippen LogP contribution in [-0.2, 0) is 11.2 Å². The number of hydrogen-bond donors (Lipinski definition) is 2. The molecule has 2 aromatic rings. The summed E-state index contributed by atoms with van der Waals surface area (Å²) >= 11 is 0. The molecule has 1 unspecified atom stereocenters. The molecule has 4 rings (SSSR count). The second-order valence-corrected chi connectivity index (χ2v) is 10.6. The molecule has 0 saturated carbocycles. The Morgan fingerprint density at radius 3 is 2.59 bits per heavy atom. The van der Waals surface area contributed by atoms with Gasteiger partial charge in [0.25, 0.3) is 0 Å². The van der Waals surface area contributed by atoms with Gasteiger partial charge in [0.15, 0.2) is 5.43 Å². The van der Waals surface area contributed by atoms with Crippen molar-refractivity contribution in [1.29, 1.82) is 0 Å². The fourth-order valence-corrected chi connectivity index (χ4v) is 5.03. The van der Waals surface area contributed by atoms with Crippen LogP contribution in [-0.4, -0.2) is 73.3 Å². The number of carboxylic acids is 1. The number of aromatic carboxylic acids is 1. The summed E-state index contributed by atoms with van der Waals surface area (Å²) in [6, 6.07) is 5.33. The van der Waals surface area contributed by atoms with Crippen LogP contribution in [0.4, 0.5) is 0 Å². The van der Waals surface area contributed by atoms with Gasteiger partial charge in [0, 0.05) is 67.1 Å². The minimum absolute atomic E-state index is 0.0533. The van der Waals surface area contributed by atoms with Gasteiger partial charge in [-0.3, -0.25) is 14.7 Å². The van der Waals surface area contributed by atoms with Crippen molar-refractivity contribution in [2.45, 2.75) is 33.2 Å². The molecule has 9 nitrogen and oxygen atoms in total. The van der Waals surface area contributed by atoms with Crippen molar-refractivity contribution in [2.24, 2.45) is 16.1 Å². The van der Waals surface area contributed by atoms with Crippen LogP contribution in [0.3, 0.4) is 0 Å². The lowest BCUT2D eigenvalue weighted by Gasteiger charge is -2.39. The topological polar surface area (TPSA) is 119 Å². The van der Waals surface area contributed by atoms with Crippen LogP contribution < -0.4 is 15.9 Å². The summed E-state index contributed by atoms with van der Waals surface area (Å²) in [4.78, 5) is 31.3. The summed E-state index contributed by atoms with van der Waals surface area (Å²) in [5.41, 5.74) is 9.23. The zero-order valence-electron chi connectivity index (χ0n) is 22.0. The number of nitrogens with zero attached hydrogens (tertiary/aromatic N) is 3. The Bertz CT molecular complexity index is 1280. The van der Waals surface area contributed by atoms with Gasteiger partial charge in [-0.05, 0) is 29.5 Å². The summed E-state index contributed by atoms with van der Waals surface area (Å²) in [6.07, 6.45) is 5.46. The molecule has 198 valence electrons. The number of carboxylic acid groups (broad SMARTS) is 1. The first-order chi connectivity index (χ1) is 17.6. The van der Waals surface area contributed by atoms with Gasteiger partial charge < -0.3 is 24.9 Å². The van der Waals surface area contributed by atoms with Gasteiger partial charge in [0.2, 0.25) is 0 Å². The van der Waals surface area contributed by atoms with Crippen LogP contribution in [0.5, 0.6) is 5.75 Å². The first-order valence-corrected chi connectivity index (χ1v) is 12.6. The molecule has 0 radical (unpaired) electrons. The Balaban J connectivity index is 1.72. The van der Waals surface area contributed by atoms with Gasteiger partial charge in [-0.25, -0.2) is 4.79 Å². The van der Waals surface area contributed by atoms with Crippen LogP contribution in [0.15, 0.2) is 40.4 Å². The molecule has 1 fully saturated rings. The quantitative estimate of drug-likeness (QED) is 0.552. The first kappa shape index (κ1) is 26.6. The number of methoxy groups -OCH3 is 1. The van der Waals surface area contributed by atoms with Gasteiger partial charge in [-0.15, -0.1) is 0 Å². The van der Waals surface area contributed by atoms with Crippen LogP contribution >= 0.6 is 0 Å². The van der Waals surface area contributed by atoms with Gasteiger partial charge in [-0.1, -0.05) is 20.8 Å². The number of allylic oxidation sites excluding steroid dienone is 1. The number of aliphatic imine (C=N–C) groups is 1. The lowest BCUT2D eigenvalue weighted by atomic mass is 9.78. The van der Waals surface area contributed by atoms with E-state index in [1.165, 1.54) is 18.5 Å². The van der Waals surface area contributed by atoms with Crippen molar-refractivity contribution < 1.29 is 19.4 Å². The number of fused-ring (bicyclic) bond motifs is 3. The third-order valence-corrected chi connectivity index (χ3v) is 7.13. The zero-order chi connectivity index (χ0) is 26.7. The highest BCUT2D eigenvalue weighted by molar-refractivity contribution is 6.11. The van der Waals surface area contributed by atoms with Crippen molar-refractivity contribution in [2.75, 3.05) is 46.5 Å². The molecule has 1 aromatic carbocycles. The fraction of sp³-hybridized carbons (Fsp3) is 0.464. The first-order valence-electron chi connectivity index (χ1n) is 12.6. The van der Waals surface area contributed by atoms with Crippen molar-refractivity contribution in [1.82, 2.24) is 9.47 Å². The van der Waals surface area contributed by atoms with E-state index in [-0.39, 0.29) is 17.0 Å². The second-order valence-electron chi connectivity index (χ2n) is 10.6. The van der Waals surface area contributed by atoms with E-state index in [2.05, 4.69) is 36.7 Å².